The Balaban J connectivity index is 1.17. The van der Waals surface area contributed by atoms with Gasteiger partial charge < -0.3 is 14.5 Å². The molecule has 0 saturated heterocycles. The summed E-state index contributed by atoms with van der Waals surface area (Å²) in [5.41, 5.74) is 13.0. The molecule has 4 nitrogen and oxygen atoms in total. The van der Waals surface area contributed by atoms with E-state index in [0.29, 0.717) is 0 Å². The fourth-order valence-electron chi connectivity index (χ4n) is 8.19. The maximum Gasteiger partial charge on any atom is 0.152 e. The molecule has 1 atom stereocenters. The van der Waals surface area contributed by atoms with Crippen LogP contribution in [0.4, 0.5) is 0 Å². The first-order valence-corrected chi connectivity index (χ1v) is 18.1. The van der Waals surface area contributed by atoms with E-state index in [-0.39, 0.29) is 6.17 Å². The molecule has 7 aromatic carbocycles. The topological polar surface area (TPSA) is 34.2 Å². The second kappa shape index (κ2) is 12.3. The molecule has 0 saturated carbocycles. The molecule has 0 amide bonds. The lowest BCUT2D eigenvalue weighted by Crippen LogP contribution is -2.31. The van der Waals surface area contributed by atoms with Gasteiger partial charge in [0.05, 0.1) is 27.8 Å². The fraction of sp³-hybridized carbons (Fsp3) is 0.0625. The Bertz CT molecular complexity index is 2840. The van der Waals surface area contributed by atoms with Crippen LogP contribution in [0.1, 0.15) is 30.6 Å². The Morgan fingerprint density at radius 3 is 1.65 bits per heavy atom. The number of amidine groups is 1. The summed E-state index contributed by atoms with van der Waals surface area (Å²) in [5.74, 6) is 0.882. The van der Waals surface area contributed by atoms with Crippen LogP contribution < -0.4 is 5.32 Å². The minimum absolute atomic E-state index is 0.217. The molecule has 0 bridgehead atoms. The molecule has 1 aliphatic heterocycles. The number of nitrogens with zero attached hydrogens (tertiary/aromatic N) is 3. The molecule has 10 rings (SSSR count). The van der Waals surface area contributed by atoms with Crippen molar-refractivity contribution in [2.24, 2.45) is 4.99 Å². The van der Waals surface area contributed by atoms with Crippen molar-refractivity contribution in [2.45, 2.75) is 19.5 Å². The lowest BCUT2D eigenvalue weighted by Gasteiger charge is -2.30. The third-order valence-electron chi connectivity index (χ3n) is 10.6. The van der Waals surface area contributed by atoms with Crippen LogP contribution in [-0.4, -0.2) is 15.0 Å². The highest BCUT2D eigenvalue weighted by Crippen LogP contribution is 2.42. The van der Waals surface area contributed by atoms with Crippen LogP contribution in [0.3, 0.4) is 0 Å². The number of aromatic nitrogens is 2. The molecule has 1 aliphatic rings. The summed E-state index contributed by atoms with van der Waals surface area (Å²) in [7, 11) is 0. The third-order valence-corrected chi connectivity index (χ3v) is 10.6. The summed E-state index contributed by atoms with van der Waals surface area (Å²) in [6.45, 7) is 2.24. The van der Waals surface area contributed by atoms with Crippen LogP contribution >= 0.6 is 0 Å². The van der Waals surface area contributed by atoms with E-state index >= 15 is 0 Å². The lowest BCUT2D eigenvalue weighted by molar-refractivity contribution is 0.610. The highest BCUT2D eigenvalue weighted by molar-refractivity contribution is 6.12. The van der Waals surface area contributed by atoms with Gasteiger partial charge in [-0.2, -0.15) is 0 Å². The van der Waals surface area contributed by atoms with E-state index in [1.807, 2.05) is 0 Å². The van der Waals surface area contributed by atoms with Gasteiger partial charge in [0.15, 0.2) is 6.17 Å². The quantitative estimate of drug-likeness (QED) is 0.188. The number of benzene rings is 7. The molecule has 1 N–H and O–H groups in total. The van der Waals surface area contributed by atoms with Crippen LogP contribution in [-0.2, 0) is 0 Å². The molecule has 0 aliphatic carbocycles. The van der Waals surface area contributed by atoms with Crippen LogP contribution in [0.15, 0.2) is 186 Å². The van der Waals surface area contributed by atoms with Gasteiger partial charge in [-0.3, -0.25) is 0 Å². The van der Waals surface area contributed by atoms with Gasteiger partial charge in [-0.05, 0) is 77.2 Å². The maximum absolute atomic E-state index is 5.50. The molecular weight excluding hydrogens is 633 g/mol. The molecule has 3 heterocycles. The first kappa shape index (κ1) is 30.2. The van der Waals surface area contributed by atoms with E-state index in [1.165, 1.54) is 71.6 Å². The highest BCUT2D eigenvalue weighted by Gasteiger charge is 2.29. The van der Waals surface area contributed by atoms with Gasteiger partial charge in [0.1, 0.15) is 5.84 Å². The predicted molar refractivity (Wildman–Crippen MR) is 218 cm³/mol. The van der Waals surface area contributed by atoms with Crippen molar-refractivity contribution in [3.05, 3.63) is 193 Å². The Morgan fingerprint density at radius 2 is 0.981 bits per heavy atom. The van der Waals surface area contributed by atoms with E-state index in [4.69, 9.17) is 4.99 Å². The average Bonchev–Trinajstić information content (AvgIpc) is 3.73. The van der Waals surface area contributed by atoms with Gasteiger partial charge in [0, 0.05) is 32.8 Å². The van der Waals surface area contributed by atoms with Crippen molar-refractivity contribution in [2.75, 3.05) is 0 Å². The van der Waals surface area contributed by atoms with E-state index in [2.05, 4.69) is 197 Å². The third kappa shape index (κ3) is 4.79. The van der Waals surface area contributed by atoms with Crippen molar-refractivity contribution in [3.63, 3.8) is 0 Å². The van der Waals surface area contributed by atoms with E-state index in [0.717, 1.165) is 23.5 Å². The summed E-state index contributed by atoms with van der Waals surface area (Å²) >= 11 is 0. The van der Waals surface area contributed by atoms with E-state index < -0.39 is 0 Å². The zero-order chi connectivity index (χ0) is 34.6. The molecule has 1 unspecified atom stereocenters. The summed E-state index contributed by atoms with van der Waals surface area (Å²) in [6.07, 6.45) is 0.640. The number of hydrogen-bond acceptors (Lipinski definition) is 2. The van der Waals surface area contributed by atoms with Crippen molar-refractivity contribution >= 4 is 55.1 Å². The van der Waals surface area contributed by atoms with Crippen LogP contribution in [0, 0.1) is 0 Å². The number of nitrogens with one attached hydrogen (secondary N) is 1. The van der Waals surface area contributed by atoms with E-state index in [9.17, 15) is 0 Å². The first-order chi connectivity index (χ1) is 25.8. The van der Waals surface area contributed by atoms with Crippen LogP contribution in [0.2, 0.25) is 0 Å². The molecule has 0 radical (unpaired) electrons. The molecule has 0 fully saturated rings. The first-order valence-electron chi connectivity index (χ1n) is 18.1. The van der Waals surface area contributed by atoms with Gasteiger partial charge in [-0.15, -0.1) is 0 Å². The zero-order valence-corrected chi connectivity index (χ0v) is 28.9. The monoisotopic (exact) mass is 668 g/mol. The average molecular weight is 669 g/mol. The Morgan fingerprint density at radius 1 is 0.481 bits per heavy atom. The number of rotatable bonds is 6. The SMILES string of the molecule is CCC1=C(c2ccccc2)NC(c2ccccc2)=NC1n1c2ccccc2c2cc(-c3ccc4c(c3)c3ccccc3n4-c3ccccc3)ccc21. The second-order valence-corrected chi connectivity index (χ2v) is 13.5. The van der Waals surface area contributed by atoms with Crippen LogP contribution in [0.5, 0.6) is 0 Å². The minimum atomic E-state index is -0.217. The van der Waals surface area contributed by atoms with Crippen molar-refractivity contribution in [1.29, 1.82) is 0 Å². The largest absolute Gasteiger partial charge is 0.339 e. The molecule has 2 aromatic heterocycles. The Hall–Kier alpha value is -6.65. The van der Waals surface area contributed by atoms with Gasteiger partial charge in [0.25, 0.3) is 0 Å². The minimum Gasteiger partial charge on any atom is -0.339 e. The summed E-state index contributed by atoms with van der Waals surface area (Å²) in [4.78, 5) is 5.50. The molecule has 248 valence electrons. The molecule has 9 aromatic rings. The molecule has 52 heavy (non-hydrogen) atoms. The standard InChI is InChI=1S/C48H36N4/c1-2-37-46(32-16-6-3-7-17-32)49-47(33-18-8-4-9-19-33)50-48(37)52-43-25-15-13-23-39(43)41-31-35(27-29-45(41)52)34-26-28-44-40(30-34)38-22-12-14-24-42(38)51(44)36-20-10-5-11-21-36/h3-31,48H,2H2,1H3,(H,49,50). The van der Waals surface area contributed by atoms with Gasteiger partial charge in [-0.1, -0.05) is 134 Å². The summed E-state index contributed by atoms with van der Waals surface area (Å²) < 4.78 is 4.83. The van der Waals surface area contributed by atoms with Crippen LogP contribution in [0.25, 0.3) is 66.1 Å². The summed E-state index contributed by atoms with van der Waals surface area (Å²) in [6, 6.07) is 63.2. The summed E-state index contributed by atoms with van der Waals surface area (Å²) in [5, 5.41) is 8.73. The second-order valence-electron chi connectivity index (χ2n) is 13.5. The lowest BCUT2D eigenvalue weighted by atomic mass is 9.98. The normalized spacial score (nSPS) is 14.7. The van der Waals surface area contributed by atoms with Gasteiger partial charge in [0.2, 0.25) is 0 Å². The fourth-order valence-corrected chi connectivity index (χ4v) is 8.19. The van der Waals surface area contributed by atoms with E-state index in [1.54, 1.807) is 0 Å². The molecule has 4 heteroatoms. The van der Waals surface area contributed by atoms with Crippen molar-refractivity contribution < 1.29 is 0 Å². The molecular formula is C48H36N4. The van der Waals surface area contributed by atoms with Crippen molar-refractivity contribution in [3.8, 4) is 16.8 Å². The predicted octanol–water partition coefficient (Wildman–Crippen LogP) is 11.9. The zero-order valence-electron chi connectivity index (χ0n) is 28.9. The Kier molecular flexibility index (Phi) is 7.14. The maximum atomic E-state index is 5.50. The highest BCUT2D eigenvalue weighted by atomic mass is 15.2. The number of para-hydroxylation sites is 3. The number of fused-ring (bicyclic) bond motifs is 6. The number of hydrogen-bond donors (Lipinski definition) is 1. The smallest absolute Gasteiger partial charge is 0.152 e. The number of aliphatic imine (C=N–C) groups is 1. The Labute approximate surface area is 302 Å². The molecule has 0 spiro atoms. The van der Waals surface area contributed by atoms with Gasteiger partial charge in [-0.25, -0.2) is 4.99 Å². The van der Waals surface area contributed by atoms with Gasteiger partial charge >= 0.3 is 0 Å². The van der Waals surface area contributed by atoms with Crippen molar-refractivity contribution in [1.82, 2.24) is 14.5 Å².